The molecule has 0 aliphatic rings. The molecule has 4 nitrogen and oxygen atoms in total. The maximum atomic E-state index is 9.12. The Hall–Kier alpha value is -1.36. The highest BCUT2D eigenvalue weighted by atomic mass is 32.2. The monoisotopic (exact) mass is 309 g/mol. The van der Waals surface area contributed by atoms with Crippen molar-refractivity contribution in [1.82, 2.24) is 0 Å². The van der Waals surface area contributed by atoms with Crippen LogP contribution in [0.2, 0.25) is 0 Å². The van der Waals surface area contributed by atoms with Gasteiger partial charge in [-0.3, -0.25) is 0 Å². The minimum atomic E-state index is 0.184. The highest BCUT2D eigenvalue weighted by Gasteiger charge is 2.18. The van der Waals surface area contributed by atoms with E-state index >= 15 is 0 Å². The number of nitrogens with zero attached hydrogens (tertiary/aromatic N) is 2. The first kappa shape index (κ1) is 17.7. The van der Waals surface area contributed by atoms with Crippen LogP contribution in [-0.4, -0.2) is 29.9 Å². The van der Waals surface area contributed by atoms with Crippen LogP contribution >= 0.6 is 11.8 Å². The SMILES string of the molecule is CCSc1cccc(N(CC)CC(C)CC)c1/C(N)=N/O. The van der Waals surface area contributed by atoms with E-state index in [9.17, 15) is 0 Å². The van der Waals surface area contributed by atoms with Gasteiger partial charge in [0.1, 0.15) is 0 Å². The molecule has 5 heteroatoms. The van der Waals surface area contributed by atoms with Crippen LogP contribution in [0, 0.1) is 5.92 Å². The molecular formula is C16H27N3OS. The number of anilines is 1. The first-order valence-electron chi connectivity index (χ1n) is 7.57. The fraction of sp³-hybridized carbons (Fsp3) is 0.562. The van der Waals surface area contributed by atoms with Crippen molar-refractivity contribution in [3.05, 3.63) is 23.8 Å². The third-order valence-corrected chi connectivity index (χ3v) is 4.56. The number of thioether (sulfide) groups is 1. The molecule has 0 fully saturated rings. The third-order valence-electron chi connectivity index (χ3n) is 3.62. The number of amidine groups is 1. The van der Waals surface area contributed by atoms with Crippen molar-refractivity contribution < 1.29 is 5.21 Å². The summed E-state index contributed by atoms with van der Waals surface area (Å²) in [5.74, 6) is 1.74. The molecule has 0 aromatic heterocycles. The van der Waals surface area contributed by atoms with E-state index in [1.54, 1.807) is 11.8 Å². The van der Waals surface area contributed by atoms with E-state index in [1.807, 2.05) is 12.1 Å². The quantitative estimate of drug-likeness (QED) is 0.252. The zero-order valence-electron chi connectivity index (χ0n) is 13.5. The molecule has 0 saturated heterocycles. The molecule has 0 radical (unpaired) electrons. The van der Waals surface area contributed by atoms with Crippen LogP contribution in [0.25, 0.3) is 0 Å². The molecular weight excluding hydrogens is 282 g/mol. The Bertz CT molecular complexity index is 477. The van der Waals surface area contributed by atoms with Crippen LogP contribution in [0.4, 0.5) is 5.69 Å². The molecule has 21 heavy (non-hydrogen) atoms. The number of hydrogen-bond donors (Lipinski definition) is 2. The maximum absolute atomic E-state index is 9.12. The van der Waals surface area contributed by atoms with E-state index in [4.69, 9.17) is 10.9 Å². The largest absolute Gasteiger partial charge is 0.409 e. The van der Waals surface area contributed by atoms with Gasteiger partial charge in [0.15, 0.2) is 5.84 Å². The van der Waals surface area contributed by atoms with Crippen LogP contribution in [0.3, 0.4) is 0 Å². The van der Waals surface area contributed by atoms with Gasteiger partial charge in [0.2, 0.25) is 0 Å². The predicted molar refractivity (Wildman–Crippen MR) is 92.7 cm³/mol. The second-order valence-electron chi connectivity index (χ2n) is 5.12. The van der Waals surface area contributed by atoms with E-state index in [2.05, 4.69) is 43.8 Å². The molecule has 0 saturated carbocycles. The van der Waals surface area contributed by atoms with E-state index in [0.29, 0.717) is 5.92 Å². The lowest BCUT2D eigenvalue weighted by atomic mass is 10.1. The highest BCUT2D eigenvalue weighted by molar-refractivity contribution is 7.99. The van der Waals surface area contributed by atoms with Crippen molar-refractivity contribution in [2.75, 3.05) is 23.7 Å². The standard InChI is InChI=1S/C16H27N3OS/c1-5-12(4)11-19(6-2)13-9-8-10-14(21-7-3)15(13)16(17)18-20/h8-10,12,20H,5-7,11H2,1-4H3,(H2,17,18). The van der Waals surface area contributed by atoms with Crippen LogP contribution in [0.1, 0.15) is 39.7 Å². The first-order chi connectivity index (χ1) is 10.1. The summed E-state index contributed by atoms with van der Waals surface area (Å²) in [7, 11) is 0. The maximum Gasteiger partial charge on any atom is 0.173 e. The smallest absolute Gasteiger partial charge is 0.173 e. The molecule has 1 unspecified atom stereocenters. The molecule has 0 aliphatic carbocycles. The fourth-order valence-corrected chi connectivity index (χ4v) is 3.11. The summed E-state index contributed by atoms with van der Waals surface area (Å²) in [6.45, 7) is 10.6. The highest BCUT2D eigenvalue weighted by Crippen LogP contribution is 2.31. The van der Waals surface area contributed by atoms with Crippen LogP contribution < -0.4 is 10.6 Å². The molecule has 1 rings (SSSR count). The van der Waals surface area contributed by atoms with Crippen molar-refractivity contribution in [3.8, 4) is 0 Å². The van der Waals surface area contributed by atoms with Crippen LogP contribution in [0.5, 0.6) is 0 Å². The van der Waals surface area contributed by atoms with Gasteiger partial charge < -0.3 is 15.8 Å². The minimum Gasteiger partial charge on any atom is -0.409 e. The molecule has 0 heterocycles. The Balaban J connectivity index is 3.28. The molecule has 1 aromatic carbocycles. The summed E-state index contributed by atoms with van der Waals surface area (Å²) < 4.78 is 0. The normalized spacial score (nSPS) is 13.2. The van der Waals surface area contributed by atoms with Crippen molar-refractivity contribution in [2.45, 2.75) is 39.0 Å². The van der Waals surface area contributed by atoms with Gasteiger partial charge in [-0.05, 0) is 30.7 Å². The number of rotatable bonds is 8. The summed E-state index contributed by atoms with van der Waals surface area (Å²) in [6.07, 6.45) is 1.14. The molecule has 1 atom stereocenters. The van der Waals surface area contributed by atoms with Gasteiger partial charge in [-0.2, -0.15) is 0 Å². The summed E-state index contributed by atoms with van der Waals surface area (Å²) in [6, 6.07) is 6.13. The molecule has 3 N–H and O–H groups in total. The van der Waals surface area contributed by atoms with Crippen LogP contribution in [-0.2, 0) is 0 Å². The minimum absolute atomic E-state index is 0.184. The lowest BCUT2D eigenvalue weighted by molar-refractivity contribution is 0.318. The number of hydrogen-bond acceptors (Lipinski definition) is 4. The predicted octanol–water partition coefficient (Wildman–Crippen LogP) is 3.77. The Labute approximate surface area is 132 Å². The van der Waals surface area contributed by atoms with Crippen molar-refractivity contribution >= 4 is 23.3 Å². The third kappa shape index (κ3) is 4.56. The second-order valence-corrected chi connectivity index (χ2v) is 6.43. The lowest BCUT2D eigenvalue weighted by Crippen LogP contribution is -2.31. The topological polar surface area (TPSA) is 61.8 Å². The fourth-order valence-electron chi connectivity index (χ4n) is 2.27. The van der Waals surface area contributed by atoms with Gasteiger partial charge in [0, 0.05) is 23.7 Å². The van der Waals surface area contributed by atoms with Crippen molar-refractivity contribution in [3.63, 3.8) is 0 Å². The van der Waals surface area contributed by atoms with E-state index in [-0.39, 0.29) is 5.84 Å². The zero-order chi connectivity index (χ0) is 15.8. The molecule has 1 aromatic rings. The molecule has 0 spiro atoms. The second kappa shape index (κ2) is 8.82. The molecule has 0 bridgehead atoms. The average molecular weight is 309 g/mol. The van der Waals surface area contributed by atoms with Gasteiger partial charge in [-0.15, -0.1) is 11.8 Å². The Morgan fingerprint density at radius 2 is 2.10 bits per heavy atom. The summed E-state index contributed by atoms with van der Waals surface area (Å²) >= 11 is 1.71. The number of nitrogens with two attached hydrogens (primary N) is 1. The average Bonchev–Trinajstić information content (AvgIpc) is 2.51. The van der Waals surface area contributed by atoms with Gasteiger partial charge in [-0.1, -0.05) is 38.4 Å². The van der Waals surface area contributed by atoms with Crippen molar-refractivity contribution in [1.29, 1.82) is 0 Å². The van der Waals surface area contributed by atoms with Crippen molar-refractivity contribution in [2.24, 2.45) is 16.8 Å². The van der Waals surface area contributed by atoms with Gasteiger partial charge in [0.25, 0.3) is 0 Å². The summed E-state index contributed by atoms with van der Waals surface area (Å²) in [5.41, 5.74) is 7.83. The van der Waals surface area contributed by atoms with Gasteiger partial charge >= 0.3 is 0 Å². The molecule has 0 aliphatic heterocycles. The molecule has 118 valence electrons. The lowest BCUT2D eigenvalue weighted by Gasteiger charge is -2.29. The Kier molecular flexibility index (Phi) is 7.43. The first-order valence-corrected chi connectivity index (χ1v) is 8.56. The number of oxime groups is 1. The summed E-state index contributed by atoms with van der Waals surface area (Å²) in [4.78, 5) is 3.37. The van der Waals surface area contributed by atoms with Gasteiger partial charge in [0.05, 0.1) is 5.56 Å². The van der Waals surface area contributed by atoms with E-state index in [1.165, 1.54) is 0 Å². The Morgan fingerprint density at radius 1 is 1.38 bits per heavy atom. The molecule has 0 amide bonds. The number of benzene rings is 1. The van der Waals surface area contributed by atoms with E-state index in [0.717, 1.165) is 41.4 Å². The van der Waals surface area contributed by atoms with Crippen LogP contribution in [0.15, 0.2) is 28.3 Å². The van der Waals surface area contributed by atoms with E-state index < -0.39 is 0 Å². The van der Waals surface area contributed by atoms with Gasteiger partial charge in [-0.25, -0.2) is 0 Å². The summed E-state index contributed by atoms with van der Waals surface area (Å²) in [5, 5.41) is 12.4. The Morgan fingerprint density at radius 3 is 2.62 bits per heavy atom. The zero-order valence-corrected chi connectivity index (χ0v) is 14.3.